The second kappa shape index (κ2) is 5.01. The molecule has 2 aromatic rings. The number of amides is 1. The van der Waals surface area contributed by atoms with Gasteiger partial charge in [0.1, 0.15) is 5.60 Å². The summed E-state index contributed by atoms with van der Waals surface area (Å²) < 4.78 is 0. The lowest BCUT2D eigenvalue weighted by Crippen LogP contribution is -2.48. The lowest BCUT2D eigenvalue weighted by atomic mass is 9.79. The Morgan fingerprint density at radius 2 is 2.10 bits per heavy atom. The molecule has 0 unspecified atom stereocenters. The van der Waals surface area contributed by atoms with Crippen LogP contribution in [0.4, 0.5) is 5.69 Å². The molecule has 1 saturated carbocycles. The third-order valence-electron chi connectivity index (χ3n) is 3.57. The molecule has 20 heavy (non-hydrogen) atoms. The first-order chi connectivity index (χ1) is 9.66. The molecule has 0 radical (unpaired) electrons. The van der Waals surface area contributed by atoms with E-state index < -0.39 is 5.60 Å². The molecule has 104 valence electrons. The first-order valence-corrected chi connectivity index (χ1v) is 6.51. The smallest absolute Gasteiger partial charge is 0.256 e. The van der Waals surface area contributed by atoms with Crippen molar-refractivity contribution < 1.29 is 9.90 Å². The van der Waals surface area contributed by atoms with Crippen LogP contribution in [0.25, 0.3) is 0 Å². The monoisotopic (exact) mass is 273 g/mol. The predicted molar refractivity (Wildman–Crippen MR) is 70.9 cm³/mol. The molecule has 1 aliphatic rings. The van der Waals surface area contributed by atoms with Gasteiger partial charge in [-0.1, -0.05) is 17.3 Å². The van der Waals surface area contributed by atoms with Gasteiger partial charge in [0.05, 0.1) is 0 Å². The van der Waals surface area contributed by atoms with E-state index in [-0.39, 0.29) is 5.91 Å². The van der Waals surface area contributed by atoms with Crippen molar-refractivity contribution in [3.63, 3.8) is 0 Å². The van der Waals surface area contributed by atoms with Gasteiger partial charge >= 0.3 is 0 Å². The number of aromatic nitrogens is 4. The van der Waals surface area contributed by atoms with E-state index in [1.165, 1.54) is 0 Å². The summed E-state index contributed by atoms with van der Waals surface area (Å²) in [6, 6.07) is 7.37. The van der Waals surface area contributed by atoms with Crippen LogP contribution in [0.15, 0.2) is 24.3 Å². The van der Waals surface area contributed by atoms with Crippen molar-refractivity contribution in [3.8, 4) is 0 Å². The minimum absolute atomic E-state index is 0.324. The van der Waals surface area contributed by atoms with Crippen molar-refractivity contribution in [2.45, 2.75) is 31.3 Å². The molecule has 1 fully saturated rings. The number of carbonyl (C=O) groups is 1. The van der Waals surface area contributed by atoms with Crippen LogP contribution in [0.3, 0.4) is 0 Å². The summed E-state index contributed by atoms with van der Waals surface area (Å²) >= 11 is 0. The zero-order valence-electron chi connectivity index (χ0n) is 10.8. The average Bonchev–Trinajstić information content (AvgIpc) is 2.91. The third-order valence-corrected chi connectivity index (χ3v) is 3.57. The summed E-state index contributed by atoms with van der Waals surface area (Å²) in [6.07, 6.45) is 2.55. The number of tetrazole rings is 1. The highest BCUT2D eigenvalue weighted by molar-refractivity contribution is 5.97. The van der Waals surface area contributed by atoms with Gasteiger partial charge in [-0.05, 0) is 37.0 Å². The predicted octanol–water partition coefficient (Wildman–Crippen LogP) is 0.644. The summed E-state index contributed by atoms with van der Waals surface area (Å²) in [7, 11) is 0. The number of hydrogen-bond donors (Lipinski definition) is 3. The summed E-state index contributed by atoms with van der Waals surface area (Å²) in [5.41, 5.74) is 0.516. The van der Waals surface area contributed by atoms with Crippen LogP contribution in [0.2, 0.25) is 0 Å². The lowest BCUT2D eigenvalue weighted by molar-refractivity contribution is -0.142. The van der Waals surface area contributed by atoms with E-state index in [2.05, 4.69) is 25.9 Å². The number of nitrogens with one attached hydrogen (secondary N) is 2. The molecule has 0 bridgehead atoms. The second-order valence-corrected chi connectivity index (χ2v) is 5.04. The molecular formula is C13H15N5O2. The number of H-pyrrole nitrogens is 1. The van der Waals surface area contributed by atoms with Gasteiger partial charge in [-0.25, -0.2) is 0 Å². The maximum absolute atomic E-state index is 11.9. The van der Waals surface area contributed by atoms with E-state index >= 15 is 0 Å². The summed E-state index contributed by atoms with van der Waals surface area (Å²) in [6.45, 7) is 0. The molecule has 1 amide bonds. The highest BCUT2D eigenvalue weighted by Gasteiger charge is 2.41. The summed E-state index contributed by atoms with van der Waals surface area (Å²) in [5, 5.41) is 26.3. The first kappa shape index (κ1) is 12.7. The molecule has 7 nitrogen and oxygen atoms in total. The van der Waals surface area contributed by atoms with Crippen LogP contribution in [0, 0.1) is 0 Å². The standard InChI is InChI=1S/C13H15N5O2/c19-12(13(20)6-1-7-13)14-10-4-2-9(3-5-10)8-11-15-17-18-16-11/h2-5,20H,1,6-8H2,(H,14,19)(H,15,16,17,18). The SMILES string of the molecule is O=C(Nc1ccc(Cc2nn[nH]n2)cc1)C1(O)CCC1. The zero-order valence-corrected chi connectivity index (χ0v) is 10.8. The van der Waals surface area contributed by atoms with Crippen LogP contribution in [-0.2, 0) is 11.2 Å². The van der Waals surface area contributed by atoms with E-state index in [1.54, 1.807) is 12.1 Å². The van der Waals surface area contributed by atoms with Gasteiger partial charge < -0.3 is 10.4 Å². The van der Waals surface area contributed by atoms with E-state index in [0.29, 0.717) is 30.8 Å². The minimum Gasteiger partial charge on any atom is -0.380 e. The highest BCUT2D eigenvalue weighted by atomic mass is 16.3. The minimum atomic E-state index is -1.18. The number of hydrogen-bond acceptors (Lipinski definition) is 5. The maximum atomic E-state index is 11.9. The fourth-order valence-corrected chi connectivity index (χ4v) is 2.13. The molecule has 1 aliphatic carbocycles. The Hall–Kier alpha value is -2.28. The number of carbonyl (C=O) groups excluding carboxylic acids is 1. The fraction of sp³-hybridized carbons (Fsp3) is 0.385. The molecule has 0 spiro atoms. The van der Waals surface area contributed by atoms with Crippen molar-refractivity contribution >= 4 is 11.6 Å². The molecule has 1 heterocycles. The molecule has 0 saturated heterocycles. The Morgan fingerprint density at radius 3 is 2.65 bits per heavy atom. The number of benzene rings is 1. The van der Waals surface area contributed by atoms with Crippen molar-refractivity contribution in [1.29, 1.82) is 0 Å². The Labute approximate surface area is 115 Å². The number of anilines is 1. The second-order valence-electron chi connectivity index (χ2n) is 5.04. The third kappa shape index (κ3) is 2.53. The zero-order chi connectivity index (χ0) is 14.0. The average molecular weight is 273 g/mol. The van der Waals surface area contributed by atoms with Crippen LogP contribution < -0.4 is 5.32 Å². The molecule has 3 N–H and O–H groups in total. The van der Waals surface area contributed by atoms with Gasteiger partial charge in [0, 0.05) is 12.1 Å². The van der Waals surface area contributed by atoms with E-state index in [1.807, 2.05) is 12.1 Å². The quantitative estimate of drug-likeness (QED) is 0.758. The molecule has 0 atom stereocenters. The van der Waals surface area contributed by atoms with Gasteiger partial charge in [-0.15, -0.1) is 10.2 Å². The van der Waals surface area contributed by atoms with E-state index in [9.17, 15) is 9.90 Å². The van der Waals surface area contributed by atoms with Crippen LogP contribution >= 0.6 is 0 Å². The van der Waals surface area contributed by atoms with Gasteiger partial charge in [-0.3, -0.25) is 4.79 Å². The topological polar surface area (TPSA) is 104 Å². The summed E-state index contributed by atoms with van der Waals surface area (Å²) in [5.74, 6) is 0.292. The van der Waals surface area contributed by atoms with Crippen LogP contribution in [0.5, 0.6) is 0 Å². The number of aliphatic hydroxyl groups is 1. The largest absolute Gasteiger partial charge is 0.380 e. The van der Waals surface area contributed by atoms with Gasteiger partial charge in [0.25, 0.3) is 5.91 Å². The Kier molecular flexibility index (Phi) is 3.19. The van der Waals surface area contributed by atoms with Crippen molar-refractivity contribution in [1.82, 2.24) is 20.6 Å². The van der Waals surface area contributed by atoms with Gasteiger partial charge in [0.2, 0.25) is 0 Å². The Bertz CT molecular complexity index is 590. The Balaban J connectivity index is 1.62. The number of aromatic amines is 1. The molecule has 3 rings (SSSR count). The lowest BCUT2D eigenvalue weighted by Gasteiger charge is -2.34. The van der Waals surface area contributed by atoms with Crippen LogP contribution in [-0.4, -0.2) is 37.2 Å². The van der Waals surface area contributed by atoms with Gasteiger partial charge in [-0.2, -0.15) is 5.21 Å². The first-order valence-electron chi connectivity index (χ1n) is 6.51. The van der Waals surface area contributed by atoms with E-state index in [0.717, 1.165) is 12.0 Å². The van der Waals surface area contributed by atoms with Crippen molar-refractivity contribution in [2.75, 3.05) is 5.32 Å². The number of rotatable bonds is 4. The molecule has 0 aliphatic heterocycles. The molecule has 1 aromatic carbocycles. The van der Waals surface area contributed by atoms with Gasteiger partial charge in [0.15, 0.2) is 5.82 Å². The number of nitrogens with zero attached hydrogens (tertiary/aromatic N) is 3. The molecule has 1 aromatic heterocycles. The highest BCUT2D eigenvalue weighted by Crippen LogP contribution is 2.32. The maximum Gasteiger partial charge on any atom is 0.256 e. The van der Waals surface area contributed by atoms with Crippen LogP contribution in [0.1, 0.15) is 30.7 Å². The molecule has 7 heteroatoms. The Morgan fingerprint density at radius 1 is 1.35 bits per heavy atom. The molecular weight excluding hydrogens is 258 g/mol. The van der Waals surface area contributed by atoms with Crippen molar-refractivity contribution in [3.05, 3.63) is 35.7 Å². The van der Waals surface area contributed by atoms with E-state index in [4.69, 9.17) is 0 Å². The normalized spacial score (nSPS) is 16.4. The fourth-order valence-electron chi connectivity index (χ4n) is 2.13. The van der Waals surface area contributed by atoms with Crippen molar-refractivity contribution in [2.24, 2.45) is 0 Å². The summed E-state index contributed by atoms with van der Waals surface area (Å²) in [4.78, 5) is 11.9.